The predicted molar refractivity (Wildman–Crippen MR) is 93.3 cm³/mol. The maximum absolute atomic E-state index is 5.33. The van der Waals surface area contributed by atoms with Crippen LogP contribution in [-0.2, 0) is 4.74 Å². The lowest BCUT2D eigenvalue weighted by molar-refractivity contribution is -0.0671. The molecule has 128 valence electrons. The first kappa shape index (κ1) is 17.6. The van der Waals surface area contributed by atoms with Crippen molar-refractivity contribution in [3.8, 4) is 0 Å². The minimum absolute atomic E-state index is 0.157. The summed E-state index contributed by atoms with van der Waals surface area (Å²) in [6, 6.07) is 0. The van der Waals surface area contributed by atoms with Crippen molar-refractivity contribution in [3.05, 3.63) is 0 Å². The lowest BCUT2D eigenvalue weighted by Gasteiger charge is -2.62. The topological polar surface area (TPSA) is 36.9 Å². The first-order valence-corrected chi connectivity index (χ1v) is 8.75. The van der Waals surface area contributed by atoms with E-state index in [-0.39, 0.29) is 5.54 Å². The molecular formula is C18H35N3O. The number of hydrogen-bond donors (Lipinski definition) is 1. The van der Waals surface area contributed by atoms with Crippen molar-refractivity contribution >= 4 is 5.96 Å². The van der Waals surface area contributed by atoms with Gasteiger partial charge in [0, 0.05) is 44.8 Å². The zero-order chi connectivity index (χ0) is 16.4. The highest BCUT2D eigenvalue weighted by atomic mass is 16.5. The van der Waals surface area contributed by atoms with Crippen molar-refractivity contribution in [2.24, 2.45) is 15.8 Å². The summed E-state index contributed by atoms with van der Waals surface area (Å²) in [6.45, 7) is 12.3. The van der Waals surface area contributed by atoms with E-state index in [2.05, 4.69) is 42.9 Å². The van der Waals surface area contributed by atoms with Gasteiger partial charge in [0.15, 0.2) is 5.96 Å². The molecule has 0 aromatic rings. The van der Waals surface area contributed by atoms with Gasteiger partial charge in [-0.15, -0.1) is 0 Å². The third-order valence-electron chi connectivity index (χ3n) is 6.47. The highest BCUT2D eigenvalue weighted by Gasteiger charge is 2.53. The summed E-state index contributed by atoms with van der Waals surface area (Å²) in [7, 11) is 3.71. The molecule has 0 spiro atoms. The number of hydrogen-bond acceptors (Lipinski definition) is 2. The molecule has 1 aliphatic carbocycles. The lowest BCUT2D eigenvalue weighted by Crippen LogP contribution is -2.72. The third-order valence-corrected chi connectivity index (χ3v) is 6.47. The van der Waals surface area contributed by atoms with Crippen LogP contribution in [0.1, 0.15) is 59.8 Å². The number of nitrogens with zero attached hydrogens (tertiary/aromatic N) is 2. The van der Waals surface area contributed by atoms with Gasteiger partial charge in [-0.2, -0.15) is 0 Å². The molecule has 0 bridgehead atoms. The Labute approximate surface area is 136 Å². The van der Waals surface area contributed by atoms with E-state index in [1.54, 1.807) is 7.11 Å². The van der Waals surface area contributed by atoms with Gasteiger partial charge < -0.3 is 15.0 Å². The number of aliphatic imine (C=N–C) groups is 1. The fourth-order valence-corrected chi connectivity index (χ4v) is 3.92. The van der Waals surface area contributed by atoms with Crippen molar-refractivity contribution in [1.29, 1.82) is 0 Å². The molecule has 1 saturated carbocycles. The van der Waals surface area contributed by atoms with E-state index in [1.807, 2.05) is 7.05 Å². The summed E-state index contributed by atoms with van der Waals surface area (Å²) in [5, 5.41) is 3.68. The standard InChI is InChI=1S/C18H35N3O/c1-16(2)14-21(17(16,3)4)15(19-5)20-13-18(11-12-22-6)9-7-8-10-18/h7-14H2,1-6H3,(H,19,20). The maximum Gasteiger partial charge on any atom is 0.194 e. The molecule has 0 unspecified atom stereocenters. The minimum atomic E-state index is 0.157. The fourth-order valence-electron chi connectivity index (χ4n) is 3.92. The second-order valence-electron chi connectivity index (χ2n) is 8.38. The molecule has 2 rings (SSSR count). The number of likely N-dealkylation sites (tertiary alicyclic amines) is 1. The SMILES string of the molecule is CN=C(NCC1(CCOC)CCCC1)N1CC(C)(C)C1(C)C. The minimum Gasteiger partial charge on any atom is -0.385 e. The summed E-state index contributed by atoms with van der Waals surface area (Å²) in [5.41, 5.74) is 0.895. The third kappa shape index (κ3) is 3.12. The number of rotatable bonds is 5. The summed E-state index contributed by atoms with van der Waals surface area (Å²) in [6.07, 6.45) is 6.49. The number of nitrogens with one attached hydrogen (secondary N) is 1. The normalized spacial score (nSPS) is 25.9. The molecule has 2 aliphatic rings. The number of ether oxygens (including phenoxy) is 1. The molecule has 0 aromatic heterocycles. The van der Waals surface area contributed by atoms with Crippen molar-refractivity contribution in [2.75, 3.05) is 33.9 Å². The fraction of sp³-hybridized carbons (Fsp3) is 0.944. The monoisotopic (exact) mass is 309 g/mol. The van der Waals surface area contributed by atoms with E-state index in [0.717, 1.165) is 32.1 Å². The molecule has 4 nitrogen and oxygen atoms in total. The molecule has 1 aliphatic heterocycles. The van der Waals surface area contributed by atoms with Crippen LogP contribution in [0.3, 0.4) is 0 Å². The van der Waals surface area contributed by atoms with Gasteiger partial charge in [-0.25, -0.2) is 0 Å². The van der Waals surface area contributed by atoms with Crippen molar-refractivity contribution in [3.63, 3.8) is 0 Å². The summed E-state index contributed by atoms with van der Waals surface area (Å²) >= 11 is 0. The van der Waals surface area contributed by atoms with Crippen LogP contribution in [0.4, 0.5) is 0 Å². The van der Waals surface area contributed by atoms with Gasteiger partial charge in [-0.1, -0.05) is 26.7 Å². The predicted octanol–water partition coefficient (Wildman–Crippen LogP) is 3.28. The van der Waals surface area contributed by atoms with Crippen LogP contribution in [0, 0.1) is 10.8 Å². The number of guanidine groups is 1. The van der Waals surface area contributed by atoms with Gasteiger partial charge in [0.25, 0.3) is 0 Å². The molecule has 1 heterocycles. The molecule has 1 N–H and O–H groups in total. The van der Waals surface area contributed by atoms with Gasteiger partial charge in [-0.3, -0.25) is 4.99 Å². The van der Waals surface area contributed by atoms with Crippen LogP contribution < -0.4 is 5.32 Å². The Bertz CT molecular complexity index is 409. The van der Waals surface area contributed by atoms with E-state index in [0.29, 0.717) is 10.8 Å². The zero-order valence-corrected chi connectivity index (χ0v) is 15.5. The van der Waals surface area contributed by atoms with Crippen molar-refractivity contribution in [1.82, 2.24) is 10.2 Å². The van der Waals surface area contributed by atoms with E-state index >= 15 is 0 Å². The summed E-state index contributed by atoms with van der Waals surface area (Å²) < 4.78 is 5.33. The smallest absolute Gasteiger partial charge is 0.194 e. The quantitative estimate of drug-likeness (QED) is 0.625. The molecular weight excluding hydrogens is 274 g/mol. The van der Waals surface area contributed by atoms with Gasteiger partial charge in [0.1, 0.15) is 0 Å². The Morgan fingerprint density at radius 2 is 1.82 bits per heavy atom. The second kappa shape index (κ2) is 6.38. The van der Waals surface area contributed by atoms with Gasteiger partial charge in [-0.05, 0) is 38.5 Å². The Kier molecular flexibility index (Phi) is 5.10. The average Bonchev–Trinajstić information content (AvgIpc) is 2.94. The van der Waals surface area contributed by atoms with Crippen LogP contribution in [0.5, 0.6) is 0 Å². The van der Waals surface area contributed by atoms with E-state index < -0.39 is 0 Å². The van der Waals surface area contributed by atoms with Gasteiger partial charge in [0.05, 0.1) is 0 Å². The molecule has 1 saturated heterocycles. The highest BCUT2D eigenvalue weighted by molar-refractivity contribution is 5.82. The molecule has 0 aromatic carbocycles. The molecule has 0 radical (unpaired) electrons. The summed E-state index contributed by atoms with van der Waals surface area (Å²) in [4.78, 5) is 6.97. The molecule has 2 fully saturated rings. The van der Waals surface area contributed by atoms with Crippen molar-refractivity contribution < 1.29 is 4.74 Å². The van der Waals surface area contributed by atoms with Crippen LogP contribution in [0.15, 0.2) is 4.99 Å². The van der Waals surface area contributed by atoms with Crippen LogP contribution in [0.25, 0.3) is 0 Å². The summed E-state index contributed by atoms with van der Waals surface area (Å²) in [5.74, 6) is 1.06. The molecule has 0 amide bonds. The van der Waals surface area contributed by atoms with E-state index in [4.69, 9.17) is 4.74 Å². The van der Waals surface area contributed by atoms with Crippen LogP contribution in [0.2, 0.25) is 0 Å². The Morgan fingerprint density at radius 3 is 2.27 bits per heavy atom. The Morgan fingerprint density at radius 1 is 1.18 bits per heavy atom. The molecule has 22 heavy (non-hydrogen) atoms. The number of methoxy groups -OCH3 is 1. The second-order valence-corrected chi connectivity index (χ2v) is 8.38. The highest BCUT2D eigenvalue weighted by Crippen LogP contribution is 2.46. The Hall–Kier alpha value is -0.770. The van der Waals surface area contributed by atoms with E-state index in [9.17, 15) is 0 Å². The van der Waals surface area contributed by atoms with Crippen molar-refractivity contribution in [2.45, 2.75) is 65.3 Å². The van der Waals surface area contributed by atoms with Gasteiger partial charge in [0.2, 0.25) is 0 Å². The molecule has 4 heteroatoms. The van der Waals surface area contributed by atoms with E-state index in [1.165, 1.54) is 25.7 Å². The maximum atomic E-state index is 5.33. The van der Waals surface area contributed by atoms with Crippen LogP contribution in [-0.4, -0.2) is 50.3 Å². The first-order chi connectivity index (χ1) is 10.3. The molecule has 0 atom stereocenters. The zero-order valence-electron chi connectivity index (χ0n) is 15.5. The van der Waals surface area contributed by atoms with Gasteiger partial charge >= 0.3 is 0 Å². The average molecular weight is 309 g/mol. The first-order valence-electron chi connectivity index (χ1n) is 8.75. The lowest BCUT2D eigenvalue weighted by atomic mass is 9.65. The van der Waals surface area contributed by atoms with Crippen LogP contribution >= 0.6 is 0 Å². The Balaban J connectivity index is 1.97. The largest absolute Gasteiger partial charge is 0.385 e.